The summed E-state index contributed by atoms with van der Waals surface area (Å²) < 4.78 is 5.41. The average Bonchev–Trinajstić information content (AvgIpc) is 2.80. The number of Topliss-reactive ketones (excluding diaryl/α,β-unsaturated/α-hetero) is 1. The predicted octanol–water partition coefficient (Wildman–Crippen LogP) is 2.85. The lowest BCUT2D eigenvalue weighted by molar-refractivity contribution is -0.161. The lowest BCUT2D eigenvalue weighted by Gasteiger charge is -2.33. The highest BCUT2D eigenvalue weighted by atomic mass is 16.5. The predicted molar refractivity (Wildman–Crippen MR) is 111 cm³/mol. The second-order valence-electron chi connectivity index (χ2n) is 7.28. The van der Waals surface area contributed by atoms with Crippen molar-refractivity contribution in [3.05, 3.63) is 83.6 Å². The molecule has 1 heterocycles. The van der Waals surface area contributed by atoms with Crippen LogP contribution in [-0.4, -0.2) is 29.4 Å². The van der Waals surface area contributed by atoms with Gasteiger partial charge < -0.3 is 15.2 Å². The van der Waals surface area contributed by atoms with Gasteiger partial charge in [-0.1, -0.05) is 74.5 Å². The summed E-state index contributed by atoms with van der Waals surface area (Å²) >= 11 is 0. The third kappa shape index (κ3) is 3.55. The highest BCUT2D eigenvalue weighted by Gasteiger charge is 2.47. The zero-order chi connectivity index (χ0) is 21.8. The Hall–Kier alpha value is -3.25. The number of carbonyl (C=O) groups excluding carboxylic acids is 3. The first-order valence-corrected chi connectivity index (χ1v) is 9.95. The summed E-state index contributed by atoms with van der Waals surface area (Å²) in [6, 6.07) is 17.0. The summed E-state index contributed by atoms with van der Waals surface area (Å²) in [5.74, 6) is -1.60. The van der Waals surface area contributed by atoms with E-state index in [4.69, 9.17) is 4.74 Å². The van der Waals surface area contributed by atoms with E-state index in [1.165, 1.54) is 6.20 Å². The van der Waals surface area contributed by atoms with E-state index in [0.717, 1.165) is 0 Å². The molecular formula is C24H25NO5. The van der Waals surface area contributed by atoms with E-state index in [2.05, 4.69) is 5.32 Å². The van der Waals surface area contributed by atoms with E-state index in [0.29, 0.717) is 24.0 Å². The van der Waals surface area contributed by atoms with Gasteiger partial charge in [0.25, 0.3) is 0 Å². The van der Waals surface area contributed by atoms with Gasteiger partial charge in [0, 0.05) is 11.8 Å². The van der Waals surface area contributed by atoms with Gasteiger partial charge in [-0.25, -0.2) is 4.79 Å². The van der Waals surface area contributed by atoms with Crippen LogP contribution in [0.15, 0.2) is 72.4 Å². The fourth-order valence-electron chi connectivity index (χ4n) is 3.78. The number of ether oxygens (including phenoxy) is 1. The van der Waals surface area contributed by atoms with Crippen LogP contribution in [0.5, 0.6) is 0 Å². The number of nitrogens with one attached hydrogen (secondary N) is 1. The second-order valence-corrected chi connectivity index (χ2v) is 7.28. The van der Waals surface area contributed by atoms with E-state index in [-0.39, 0.29) is 23.9 Å². The third-order valence-electron chi connectivity index (χ3n) is 5.78. The number of hydrogen-bond acceptors (Lipinski definition) is 5. The minimum Gasteiger partial charge on any atom is -0.458 e. The second kappa shape index (κ2) is 8.63. The van der Waals surface area contributed by atoms with Gasteiger partial charge in [0.15, 0.2) is 5.78 Å². The Bertz CT molecular complexity index is 922. The minimum atomic E-state index is -2.03. The fourth-order valence-corrected chi connectivity index (χ4v) is 3.78. The van der Waals surface area contributed by atoms with Crippen molar-refractivity contribution >= 4 is 17.7 Å². The van der Waals surface area contributed by atoms with Crippen LogP contribution in [0.4, 0.5) is 0 Å². The summed E-state index contributed by atoms with van der Waals surface area (Å²) in [6.07, 6.45) is 1.97. The molecule has 0 radical (unpaired) electrons. The van der Waals surface area contributed by atoms with Crippen molar-refractivity contribution < 1.29 is 24.2 Å². The number of hydrogen-bond donors (Lipinski definition) is 2. The largest absolute Gasteiger partial charge is 0.458 e. The maximum atomic E-state index is 13.1. The van der Waals surface area contributed by atoms with Gasteiger partial charge in [-0.2, -0.15) is 0 Å². The van der Waals surface area contributed by atoms with Gasteiger partial charge in [-0.05, 0) is 24.0 Å². The van der Waals surface area contributed by atoms with Crippen LogP contribution < -0.4 is 5.32 Å². The van der Waals surface area contributed by atoms with Crippen LogP contribution in [-0.2, 0) is 24.7 Å². The number of esters is 1. The number of rotatable bonds is 7. The van der Waals surface area contributed by atoms with Gasteiger partial charge in [0.05, 0.1) is 0 Å². The van der Waals surface area contributed by atoms with Crippen molar-refractivity contribution in [3.8, 4) is 0 Å². The third-order valence-corrected chi connectivity index (χ3v) is 5.78. The van der Waals surface area contributed by atoms with Gasteiger partial charge in [0.1, 0.15) is 12.0 Å². The maximum Gasteiger partial charge on any atom is 0.348 e. The van der Waals surface area contributed by atoms with Crippen molar-refractivity contribution in [1.82, 2.24) is 5.32 Å². The number of ketones is 1. The smallest absolute Gasteiger partial charge is 0.348 e. The molecule has 1 aliphatic heterocycles. The monoisotopic (exact) mass is 407 g/mol. The SMILES string of the molecule is CCC1(CC)C(=O)NC=C(COC(=O)C(O)(c2ccccc2)c2ccccc2)C1=O. The van der Waals surface area contributed by atoms with Crippen molar-refractivity contribution in [2.24, 2.45) is 5.41 Å². The van der Waals surface area contributed by atoms with E-state index in [9.17, 15) is 19.5 Å². The Morgan fingerprint density at radius 1 is 0.967 bits per heavy atom. The fraction of sp³-hybridized carbons (Fsp3) is 0.292. The van der Waals surface area contributed by atoms with Crippen molar-refractivity contribution in [1.29, 1.82) is 0 Å². The topological polar surface area (TPSA) is 92.7 Å². The Labute approximate surface area is 175 Å². The van der Waals surface area contributed by atoms with E-state index in [1.54, 1.807) is 74.5 Å². The molecule has 3 rings (SSSR count). The van der Waals surface area contributed by atoms with Gasteiger partial charge in [0.2, 0.25) is 11.5 Å². The number of aliphatic hydroxyl groups is 1. The number of amides is 1. The molecule has 0 aromatic heterocycles. The molecule has 0 spiro atoms. The zero-order valence-electron chi connectivity index (χ0n) is 17.1. The molecule has 0 saturated carbocycles. The lowest BCUT2D eigenvalue weighted by atomic mass is 9.73. The maximum absolute atomic E-state index is 13.1. The molecule has 0 aliphatic carbocycles. The zero-order valence-corrected chi connectivity index (χ0v) is 17.1. The van der Waals surface area contributed by atoms with Gasteiger partial charge in [-0.15, -0.1) is 0 Å². The molecule has 30 heavy (non-hydrogen) atoms. The summed E-state index contributed by atoms with van der Waals surface area (Å²) in [4.78, 5) is 38.3. The summed E-state index contributed by atoms with van der Waals surface area (Å²) in [7, 11) is 0. The van der Waals surface area contributed by atoms with Crippen LogP contribution in [0, 0.1) is 5.41 Å². The van der Waals surface area contributed by atoms with Crippen LogP contribution in [0.2, 0.25) is 0 Å². The molecule has 1 aliphatic rings. The molecule has 0 unspecified atom stereocenters. The van der Waals surface area contributed by atoms with Crippen molar-refractivity contribution in [2.45, 2.75) is 32.3 Å². The molecule has 156 valence electrons. The molecule has 0 atom stereocenters. The molecule has 6 nitrogen and oxygen atoms in total. The Morgan fingerprint density at radius 2 is 1.47 bits per heavy atom. The summed E-state index contributed by atoms with van der Waals surface area (Å²) in [5.41, 5.74) is -2.29. The molecule has 2 aromatic rings. The summed E-state index contributed by atoms with van der Waals surface area (Å²) in [5, 5.41) is 14.0. The van der Waals surface area contributed by atoms with E-state index < -0.39 is 17.0 Å². The molecule has 2 aromatic carbocycles. The highest BCUT2D eigenvalue weighted by Crippen LogP contribution is 2.34. The normalized spacial score (nSPS) is 15.9. The standard InChI is InChI=1S/C24H25NO5/c1-3-23(4-2)20(26)17(15-25-21(23)27)16-30-22(28)24(29,18-11-7-5-8-12-18)19-13-9-6-10-14-19/h5-15,29H,3-4,16H2,1-2H3,(H,25,27). The number of benzene rings is 2. The molecule has 0 saturated heterocycles. The van der Waals surface area contributed by atoms with Crippen molar-refractivity contribution in [3.63, 3.8) is 0 Å². The lowest BCUT2D eigenvalue weighted by Crippen LogP contribution is -2.49. The minimum absolute atomic E-state index is 0.190. The molecular weight excluding hydrogens is 382 g/mol. The van der Waals surface area contributed by atoms with Crippen LogP contribution >= 0.6 is 0 Å². The molecule has 1 amide bonds. The Kier molecular flexibility index (Phi) is 6.17. The average molecular weight is 407 g/mol. The van der Waals surface area contributed by atoms with Gasteiger partial charge in [-0.3, -0.25) is 9.59 Å². The first kappa shape index (κ1) is 21.5. The van der Waals surface area contributed by atoms with Crippen LogP contribution in [0.25, 0.3) is 0 Å². The Morgan fingerprint density at radius 3 is 1.93 bits per heavy atom. The molecule has 0 fully saturated rings. The Balaban J connectivity index is 1.88. The quantitative estimate of drug-likeness (QED) is 0.544. The molecule has 2 N–H and O–H groups in total. The van der Waals surface area contributed by atoms with Crippen molar-refractivity contribution in [2.75, 3.05) is 6.61 Å². The van der Waals surface area contributed by atoms with E-state index in [1.807, 2.05) is 0 Å². The van der Waals surface area contributed by atoms with E-state index >= 15 is 0 Å². The van der Waals surface area contributed by atoms with Crippen LogP contribution in [0.1, 0.15) is 37.8 Å². The molecule has 6 heteroatoms. The first-order chi connectivity index (χ1) is 14.4. The molecule has 0 bridgehead atoms. The number of carbonyl (C=O) groups is 3. The van der Waals surface area contributed by atoms with Crippen LogP contribution in [0.3, 0.4) is 0 Å². The highest BCUT2D eigenvalue weighted by molar-refractivity contribution is 6.16. The first-order valence-electron chi connectivity index (χ1n) is 9.95. The van der Waals surface area contributed by atoms with Gasteiger partial charge >= 0.3 is 5.97 Å². The summed E-state index contributed by atoms with van der Waals surface area (Å²) in [6.45, 7) is 3.21.